The van der Waals surface area contributed by atoms with Gasteiger partial charge in [-0.1, -0.05) is 18.9 Å². The van der Waals surface area contributed by atoms with Gasteiger partial charge in [0.1, 0.15) is 0 Å². The van der Waals surface area contributed by atoms with Crippen molar-refractivity contribution in [2.24, 2.45) is 11.8 Å². The Kier molecular flexibility index (Phi) is 4.65. The molecule has 1 saturated carbocycles. The third-order valence-electron chi connectivity index (χ3n) is 5.52. The molecule has 1 N–H and O–H groups in total. The highest BCUT2D eigenvalue weighted by Gasteiger charge is 2.37. The minimum Gasteiger partial charge on any atom is -0.421 e. The van der Waals surface area contributed by atoms with E-state index in [2.05, 4.69) is 15.5 Å². The van der Waals surface area contributed by atoms with Crippen molar-refractivity contribution in [3.63, 3.8) is 0 Å². The van der Waals surface area contributed by atoms with Crippen LogP contribution in [0, 0.1) is 11.8 Å². The van der Waals surface area contributed by atoms with Crippen molar-refractivity contribution in [2.75, 3.05) is 0 Å². The first-order chi connectivity index (χ1) is 12.9. The fourth-order valence-corrected chi connectivity index (χ4v) is 4.12. The predicted molar refractivity (Wildman–Crippen MR) is 90.4 cm³/mol. The van der Waals surface area contributed by atoms with Crippen LogP contribution in [0.4, 0.5) is 13.2 Å². The average molecular weight is 379 g/mol. The van der Waals surface area contributed by atoms with Gasteiger partial charge in [-0.2, -0.15) is 13.2 Å². The Bertz CT molecular complexity index is 834. The molecule has 1 aromatic carbocycles. The molecule has 1 amide bonds. The van der Waals surface area contributed by atoms with Crippen LogP contribution in [0.15, 0.2) is 28.7 Å². The summed E-state index contributed by atoms with van der Waals surface area (Å²) in [6.07, 6.45) is 1.14. The van der Waals surface area contributed by atoms with E-state index in [1.165, 1.54) is 18.6 Å². The Hall–Kier alpha value is -2.38. The average Bonchev–Trinajstić information content (AvgIpc) is 3.10. The number of nitrogens with one attached hydrogen (secondary N) is 1. The summed E-state index contributed by atoms with van der Waals surface area (Å²) in [4.78, 5) is 12.4. The first-order valence-corrected chi connectivity index (χ1v) is 9.20. The molecule has 144 valence electrons. The maximum absolute atomic E-state index is 12.9. The molecule has 0 spiro atoms. The van der Waals surface area contributed by atoms with Gasteiger partial charge in [-0.3, -0.25) is 4.79 Å². The van der Waals surface area contributed by atoms with Crippen LogP contribution in [0.1, 0.15) is 43.6 Å². The van der Waals surface area contributed by atoms with Gasteiger partial charge in [-0.25, -0.2) is 0 Å². The van der Waals surface area contributed by atoms with Gasteiger partial charge in [-0.15, -0.1) is 10.2 Å². The van der Waals surface area contributed by atoms with Crippen LogP contribution in [-0.4, -0.2) is 22.1 Å². The second kappa shape index (κ2) is 6.98. The van der Waals surface area contributed by atoms with Crippen LogP contribution in [0.25, 0.3) is 11.5 Å². The van der Waals surface area contributed by atoms with E-state index >= 15 is 0 Å². The van der Waals surface area contributed by atoms with E-state index in [1.807, 2.05) is 0 Å². The molecule has 1 aliphatic carbocycles. The highest BCUT2D eigenvalue weighted by atomic mass is 19.4. The number of hydrogen-bond donors (Lipinski definition) is 1. The molecular formula is C19H20F3N3O2. The number of aromatic nitrogens is 2. The number of rotatable bonds is 3. The summed E-state index contributed by atoms with van der Waals surface area (Å²) in [6, 6.07) is 5.04. The van der Waals surface area contributed by atoms with E-state index in [1.54, 1.807) is 0 Å². The quantitative estimate of drug-likeness (QED) is 0.876. The largest absolute Gasteiger partial charge is 0.421 e. The lowest BCUT2D eigenvalue weighted by atomic mass is 9.75. The van der Waals surface area contributed by atoms with E-state index in [-0.39, 0.29) is 35.2 Å². The normalized spacial score (nSPS) is 25.7. The van der Waals surface area contributed by atoms with Gasteiger partial charge in [0.05, 0.1) is 5.56 Å². The summed E-state index contributed by atoms with van der Waals surface area (Å²) in [5.74, 6) is 0.545. The van der Waals surface area contributed by atoms with E-state index in [9.17, 15) is 18.0 Å². The SMILES string of the molecule is O=C1NC2CCCCC2CC1Cc1nnc(-c2cccc(C(F)(F)F)c2)o1. The summed E-state index contributed by atoms with van der Waals surface area (Å²) >= 11 is 0. The molecule has 3 atom stereocenters. The molecule has 0 radical (unpaired) electrons. The summed E-state index contributed by atoms with van der Waals surface area (Å²) in [5, 5.41) is 10.9. The van der Waals surface area contributed by atoms with E-state index in [0.29, 0.717) is 12.3 Å². The van der Waals surface area contributed by atoms with Gasteiger partial charge in [0.2, 0.25) is 17.7 Å². The summed E-state index contributed by atoms with van der Waals surface area (Å²) < 4.78 is 44.2. The van der Waals surface area contributed by atoms with Gasteiger partial charge in [0, 0.05) is 23.9 Å². The molecule has 2 aliphatic rings. The number of fused-ring (bicyclic) bond motifs is 1. The van der Waals surface area contributed by atoms with Crippen molar-refractivity contribution >= 4 is 5.91 Å². The number of halogens is 3. The van der Waals surface area contributed by atoms with E-state index in [4.69, 9.17) is 4.42 Å². The van der Waals surface area contributed by atoms with Crippen molar-refractivity contribution in [3.05, 3.63) is 35.7 Å². The lowest BCUT2D eigenvalue weighted by Gasteiger charge is -2.39. The number of carbonyl (C=O) groups excluding carboxylic acids is 1. The molecule has 1 aromatic heterocycles. The van der Waals surface area contributed by atoms with Gasteiger partial charge in [0.15, 0.2) is 0 Å². The van der Waals surface area contributed by atoms with Crippen LogP contribution < -0.4 is 5.32 Å². The molecule has 5 nitrogen and oxygen atoms in total. The fourth-order valence-electron chi connectivity index (χ4n) is 4.12. The molecule has 8 heteroatoms. The molecule has 2 heterocycles. The molecule has 1 aliphatic heterocycles. The lowest BCUT2D eigenvalue weighted by Crippen LogP contribution is -2.51. The second-order valence-corrected chi connectivity index (χ2v) is 7.38. The number of amides is 1. The third-order valence-corrected chi connectivity index (χ3v) is 5.52. The maximum Gasteiger partial charge on any atom is 0.416 e. The molecule has 2 aromatic rings. The van der Waals surface area contributed by atoms with Gasteiger partial charge < -0.3 is 9.73 Å². The number of nitrogens with zero attached hydrogens (tertiary/aromatic N) is 2. The van der Waals surface area contributed by atoms with Gasteiger partial charge in [0.25, 0.3) is 0 Å². The molecular weight excluding hydrogens is 359 g/mol. The number of carbonyl (C=O) groups is 1. The molecule has 27 heavy (non-hydrogen) atoms. The standard InChI is InChI=1S/C19H20F3N3O2/c20-19(21,22)14-6-3-5-12(9-14)18-25-24-16(27-18)10-13-8-11-4-1-2-7-15(11)23-17(13)26/h3,5-6,9,11,13,15H,1-2,4,7-8,10H2,(H,23,26). The molecule has 2 fully saturated rings. The number of hydrogen-bond acceptors (Lipinski definition) is 4. The Labute approximate surface area is 154 Å². The number of benzene rings is 1. The Balaban J connectivity index is 1.48. The fraction of sp³-hybridized carbons (Fsp3) is 0.526. The maximum atomic E-state index is 12.9. The van der Waals surface area contributed by atoms with Crippen LogP contribution in [-0.2, 0) is 17.4 Å². The summed E-state index contributed by atoms with van der Waals surface area (Å²) in [5.41, 5.74) is -0.557. The number of piperidine rings is 1. The Morgan fingerprint density at radius 2 is 2.00 bits per heavy atom. The van der Waals surface area contributed by atoms with Crippen molar-refractivity contribution in [1.29, 1.82) is 0 Å². The van der Waals surface area contributed by atoms with E-state index < -0.39 is 11.7 Å². The van der Waals surface area contributed by atoms with Crippen LogP contribution >= 0.6 is 0 Å². The minimum atomic E-state index is -4.43. The van der Waals surface area contributed by atoms with Crippen molar-refractivity contribution < 1.29 is 22.4 Å². The van der Waals surface area contributed by atoms with Crippen molar-refractivity contribution in [3.8, 4) is 11.5 Å². The molecule has 0 bridgehead atoms. The Morgan fingerprint density at radius 1 is 1.19 bits per heavy atom. The monoisotopic (exact) mass is 379 g/mol. The second-order valence-electron chi connectivity index (χ2n) is 7.38. The third kappa shape index (κ3) is 3.84. The van der Waals surface area contributed by atoms with Crippen molar-refractivity contribution in [1.82, 2.24) is 15.5 Å². The van der Waals surface area contributed by atoms with Crippen LogP contribution in [0.5, 0.6) is 0 Å². The zero-order chi connectivity index (χ0) is 19.0. The van der Waals surface area contributed by atoms with Gasteiger partial charge in [-0.05, 0) is 43.4 Å². The zero-order valence-electron chi connectivity index (χ0n) is 14.6. The smallest absolute Gasteiger partial charge is 0.416 e. The zero-order valence-corrected chi connectivity index (χ0v) is 14.6. The molecule has 1 saturated heterocycles. The number of alkyl halides is 3. The summed E-state index contributed by atoms with van der Waals surface area (Å²) in [6.45, 7) is 0. The van der Waals surface area contributed by atoms with E-state index in [0.717, 1.165) is 37.8 Å². The highest BCUT2D eigenvalue weighted by molar-refractivity contribution is 5.80. The Morgan fingerprint density at radius 3 is 2.81 bits per heavy atom. The van der Waals surface area contributed by atoms with Crippen LogP contribution in [0.3, 0.4) is 0 Å². The highest BCUT2D eigenvalue weighted by Crippen LogP contribution is 2.35. The topological polar surface area (TPSA) is 68.0 Å². The minimum absolute atomic E-state index is 0.00281. The summed E-state index contributed by atoms with van der Waals surface area (Å²) in [7, 11) is 0. The van der Waals surface area contributed by atoms with Crippen molar-refractivity contribution in [2.45, 2.75) is 50.7 Å². The lowest BCUT2D eigenvalue weighted by molar-refractivity contribution is -0.137. The molecule has 3 unspecified atom stereocenters. The molecule has 4 rings (SSSR count). The predicted octanol–water partition coefficient (Wildman–Crippen LogP) is 3.99. The first-order valence-electron chi connectivity index (χ1n) is 9.20. The van der Waals surface area contributed by atoms with Gasteiger partial charge >= 0.3 is 6.18 Å². The van der Waals surface area contributed by atoms with Crippen LogP contribution in [0.2, 0.25) is 0 Å². The first kappa shape index (κ1) is 18.0.